The molecule has 2 fully saturated rings. The van der Waals surface area contributed by atoms with E-state index in [1.807, 2.05) is 66.7 Å². The van der Waals surface area contributed by atoms with Gasteiger partial charge in [0, 0.05) is 91.4 Å². The molecule has 5 aromatic carbocycles. The number of benzene rings is 5. The van der Waals surface area contributed by atoms with Crippen molar-refractivity contribution in [2.24, 2.45) is 0 Å². The summed E-state index contributed by atoms with van der Waals surface area (Å²) < 4.78 is 5.50. The van der Waals surface area contributed by atoms with E-state index in [1.165, 1.54) is 29.3 Å². The Bertz CT molecular complexity index is 2220. The smallest absolute Gasteiger partial charge is 0.330 e. The van der Waals surface area contributed by atoms with Gasteiger partial charge in [-0.05, 0) is 83.3 Å². The molecule has 2 atom stereocenters. The van der Waals surface area contributed by atoms with E-state index in [4.69, 9.17) is 16.3 Å². The van der Waals surface area contributed by atoms with E-state index in [-0.39, 0.29) is 22.9 Å². The van der Waals surface area contributed by atoms with Crippen LogP contribution < -0.4 is 15.5 Å². The van der Waals surface area contributed by atoms with Crippen molar-refractivity contribution in [2.45, 2.75) is 29.9 Å². The number of ether oxygens (including phenoxy) is 1. The number of nitro benzene ring substituents is 1. The summed E-state index contributed by atoms with van der Waals surface area (Å²) >= 11 is 7.80. The maximum atomic E-state index is 13.4. The summed E-state index contributed by atoms with van der Waals surface area (Å²) in [5, 5.41) is 29.3. The average molecular weight is 849 g/mol. The number of amides is 1. The van der Waals surface area contributed by atoms with Gasteiger partial charge >= 0.3 is 5.97 Å². The molecule has 2 heterocycles. The average Bonchev–Trinajstić information content (AvgIpc) is 3.28. The maximum Gasteiger partial charge on any atom is 0.330 e. The number of carbonyl (C=O) groups is 2. The number of rotatable bonds is 17. The third kappa shape index (κ3) is 11.4. The lowest BCUT2D eigenvalue weighted by Crippen LogP contribution is -2.46. The zero-order valence-corrected chi connectivity index (χ0v) is 34.8. The van der Waals surface area contributed by atoms with Gasteiger partial charge in [0.05, 0.1) is 18.1 Å². The Morgan fingerprint density at radius 2 is 1.53 bits per heavy atom. The molecule has 2 saturated heterocycles. The number of nitro groups is 1. The summed E-state index contributed by atoms with van der Waals surface area (Å²) in [7, 11) is 0. The molecule has 2 aliphatic heterocycles. The van der Waals surface area contributed by atoms with Crippen LogP contribution >= 0.6 is 23.4 Å². The zero-order chi connectivity index (χ0) is 41.8. The summed E-state index contributed by atoms with van der Waals surface area (Å²) in [4.78, 5) is 46.0. The van der Waals surface area contributed by atoms with Gasteiger partial charge in [-0.25, -0.2) is 4.79 Å². The Hall–Kier alpha value is -5.44. The van der Waals surface area contributed by atoms with Crippen LogP contribution in [-0.2, 0) is 16.1 Å². The second-order valence-electron chi connectivity index (χ2n) is 15.0. The first-order valence-electron chi connectivity index (χ1n) is 20.2. The van der Waals surface area contributed by atoms with E-state index in [0.29, 0.717) is 29.7 Å². The molecule has 3 N–H and O–H groups in total. The molecule has 7 rings (SSSR count). The van der Waals surface area contributed by atoms with Crippen molar-refractivity contribution in [3.05, 3.63) is 153 Å². The highest BCUT2D eigenvalue weighted by atomic mass is 35.5. The predicted octanol–water partition coefficient (Wildman–Crippen LogP) is 8.09. The minimum Gasteiger partial charge on any atom is -0.479 e. The Morgan fingerprint density at radius 3 is 2.23 bits per heavy atom. The number of nitrogens with one attached hydrogen (secondary N) is 2. The fraction of sp³-hybridized carbons (Fsp3) is 0.304. The molecule has 0 bridgehead atoms. The highest BCUT2D eigenvalue weighted by Crippen LogP contribution is 2.32. The Kier molecular flexibility index (Phi) is 14.7. The van der Waals surface area contributed by atoms with E-state index in [1.54, 1.807) is 23.9 Å². The highest BCUT2D eigenvalue weighted by molar-refractivity contribution is 7.99. The summed E-state index contributed by atoms with van der Waals surface area (Å²) in [5.41, 5.74) is 4.96. The van der Waals surface area contributed by atoms with E-state index in [0.717, 1.165) is 74.9 Å². The number of aliphatic carboxylic acids is 1. The minimum absolute atomic E-state index is 0.0990. The molecule has 0 radical (unpaired) electrons. The van der Waals surface area contributed by atoms with Gasteiger partial charge in [-0.15, -0.1) is 11.8 Å². The van der Waals surface area contributed by atoms with Crippen molar-refractivity contribution >= 4 is 52.3 Å². The number of nitrogens with zero attached hydrogens (tertiary/aromatic N) is 4. The van der Waals surface area contributed by atoms with Crippen LogP contribution in [0.3, 0.4) is 0 Å². The van der Waals surface area contributed by atoms with Crippen molar-refractivity contribution < 1.29 is 24.4 Å². The number of carboxylic acids is 1. The molecule has 0 aromatic heterocycles. The van der Waals surface area contributed by atoms with Crippen LogP contribution in [0.25, 0.3) is 11.1 Å². The number of hydrogen-bond acceptors (Lipinski definition) is 10. The molecule has 1 unspecified atom stereocenters. The Labute approximate surface area is 359 Å². The quantitative estimate of drug-likeness (QED) is 0.0475. The first-order chi connectivity index (χ1) is 29.2. The molecular weight excluding hydrogens is 800 g/mol. The number of carboxylic acid groups (broad SMARTS) is 1. The van der Waals surface area contributed by atoms with Crippen molar-refractivity contribution in [3.8, 4) is 11.1 Å². The van der Waals surface area contributed by atoms with Crippen LogP contribution in [0.15, 0.2) is 126 Å². The third-order valence-electron chi connectivity index (χ3n) is 11.0. The van der Waals surface area contributed by atoms with Crippen LogP contribution in [0, 0.1) is 10.1 Å². The molecule has 5 aromatic rings. The first kappa shape index (κ1) is 42.7. The van der Waals surface area contributed by atoms with E-state index < -0.39 is 22.8 Å². The summed E-state index contributed by atoms with van der Waals surface area (Å²) in [6.07, 6.45) is 0.738. The fourth-order valence-corrected chi connectivity index (χ4v) is 8.71. The lowest BCUT2D eigenvalue weighted by molar-refractivity contribution is -0.384. The predicted molar refractivity (Wildman–Crippen MR) is 238 cm³/mol. The molecule has 1 amide bonds. The first-order valence-corrected chi connectivity index (χ1v) is 21.5. The molecule has 2 aliphatic rings. The monoisotopic (exact) mass is 848 g/mol. The van der Waals surface area contributed by atoms with Gasteiger partial charge in [-0.3, -0.25) is 24.7 Å². The number of carbonyl (C=O) groups excluding carboxylic acids is 1. The Balaban J connectivity index is 0.970. The SMILES string of the molecule is O=C(NC(C(=O)O)c1ccc(N[C@H](CCN2CCOCC2)CSc2ccccc2)c([N+](=O)[O-])c1)c1ccc(N2CCN(Cc3ccccc3-c3ccc(Cl)cc3)CC2)cc1. The molecular formula is C46H49ClN6O6S. The van der Waals surface area contributed by atoms with Crippen molar-refractivity contribution in [1.82, 2.24) is 15.1 Å². The maximum absolute atomic E-state index is 13.4. The molecule has 60 heavy (non-hydrogen) atoms. The second-order valence-corrected chi connectivity index (χ2v) is 16.5. The van der Waals surface area contributed by atoms with Crippen molar-refractivity contribution in [2.75, 3.05) is 75.0 Å². The molecule has 12 nitrogen and oxygen atoms in total. The normalized spacial score (nSPS) is 15.8. The van der Waals surface area contributed by atoms with Gasteiger partial charge in [0.15, 0.2) is 6.04 Å². The van der Waals surface area contributed by atoms with Gasteiger partial charge in [-0.2, -0.15) is 0 Å². The standard InChI is InChI=1S/C46H49ClN6O6S/c47-37-15-10-33(11-16-37)41-9-5-4-6-36(41)31-51-22-24-52(25-23-51)39-17-12-34(13-18-39)45(54)49-44(46(55)56)35-14-19-42(43(30-35)53(57)58)48-38(20-21-50-26-28-59-29-27-50)32-60-40-7-2-1-3-8-40/h1-19,30,38,44,48H,20-29,31-32H2,(H,49,54)(H,55,56)/t38-,44?/m1/s1. The van der Waals surface area contributed by atoms with Crippen LogP contribution in [0.4, 0.5) is 17.1 Å². The lowest BCUT2D eigenvalue weighted by atomic mass is 9.99. The highest BCUT2D eigenvalue weighted by Gasteiger charge is 2.28. The van der Waals surface area contributed by atoms with E-state index >= 15 is 0 Å². The van der Waals surface area contributed by atoms with E-state index in [2.05, 4.69) is 49.6 Å². The van der Waals surface area contributed by atoms with E-state index in [9.17, 15) is 24.8 Å². The van der Waals surface area contributed by atoms with Gasteiger partial charge in [-0.1, -0.05) is 72.3 Å². The van der Waals surface area contributed by atoms with Crippen LogP contribution in [0.2, 0.25) is 5.02 Å². The topological polar surface area (TPSA) is 141 Å². The van der Waals surface area contributed by atoms with Gasteiger partial charge in [0.25, 0.3) is 11.6 Å². The fourth-order valence-electron chi connectivity index (χ4n) is 7.60. The van der Waals surface area contributed by atoms with Crippen molar-refractivity contribution in [1.29, 1.82) is 0 Å². The van der Waals surface area contributed by atoms with Crippen molar-refractivity contribution in [3.63, 3.8) is 0 Å². The molecule has 14 heteroatoms. The summed E-state index contributed by atoms with van der Waals surface area (Å²) in [6.45, 7) is 7.98. The number of morpholine rings is 1. The molecule has 0 aliphatic carbocycles. The molecule has 312 valence electrons. The summed E-state index contributed by atoms with van der Waals surface area (Å²) in [6, 6.07) is 36.1. The third-order valence-corrected chi connectivity index (χ3v) is 12.4. The number of thioether (sulfide) groups is 1. The molecule has 0 saturated carbocycles. The Morgan fingerprint density at radius 1 is 0.833 bits per heavy atom. The number of halogens is 1. The lowest BCUT2D eigenvalue weighted by Gasteiger charge is -2.36. The second kappa shape index (κ2) is 20.7. The minimum atomic E-state index is -1.51. The number of piperazine rings is 1. The van der Waals surface area contributed by atoms with Gasteiger partial charge in [0.2, 0.25) is 0 Å². The van der Waals surface area contributed by atoms with Crippen LogP contribution in [0.1, 0.15) is 33.9 Å². The zero-order valence-electron chi connectivity index (χ0n) is 33.3. The largest absolute Gasteiger partial charge is 0.479 e. The number of anilines is 2. The van der Waals surface area contributed by atoms with Gasteiger partial charge in [0.1, 0.15) is 5.69 Å². The number of hydrogen-bond donors (Lipinski definition) is 3. The van der Waals surface area contributed by atoms with Crippen LogP contribution in [0.5, 0.6) is 0 Å². The van der Waals surface area contributed by atoms with Gasteiger partial charge < -0.3 is 25.4 Å². The summed E-state index contributed by atoms with van der Waals surface area (Å²) in [5.74, 6) is -1.26. The molecule has 0 spiro atoms. The van der Waals surface area contributed by atoms with Crippen LogP contribution in [-0.4, -0.2) is 103 Å².